The molecule has 0 amide bonds. The second-order valence-electron chi connectivity index (χ2n) is 6.63. The van der Waals surface area contributed by atoms with E-state index in [1.807, 2.05) is 45.0 Å². The number of para-hydroxylation sites is 1. The summed E-state index contributed by atoms with van der Waals surface area (Å²) in [7, 11) is -3.37. The molecule has 2 heterocycles. The van der Waals surface area contributed by atoms with Crippen molar-refractivity contribution in [1.82, 2.24) is 15.6 Å². The first-order chi connectivity index (χ1) is 13.4. The molecule has 0 saturated heterocycles. The molecule has 0 spiro atoms. The highest BCUT2D eigenvalue weighted by Crippen LogP contribution is 2.29. The maximum Gasteiger partial charge on any atom is 0.236 e. The molecular formula is C19H28IN5O2S2. The number of aryl methyl sites for hydroxylation is 2. The van der Waals surface area contributed by atoms with E-state index in [9.17, 15) is 8.42 Å². The molecule has 2 aromatic rings. The second kappa shape index (κ2) is 10.6. The number of hydrogen-bond donors (Lipinski definition) is 2. The number of halogens is 1. The number of nitrogens with one attached hydrogen (secondary N) is 2. The molecule has 0 saturated carbocycles. The molecule has 0 atom stereocenters. The maximum absolute atomic E-state index is 12.8. The van der Waals surface area contributed by atoms with Crippen LogP contribution < -0.4 is 14.9 Å². The standard InChI is InChI=1S/C19H27N5O2S2.HI/c1-4-20-19(22-13-18-14(2)23-15(3)27-18)21-10-12-28(25,26)24-11-9-16-7-5-6-8-17(16)24;/h5-8H,4,9-13H2,1-3H3,(H2,20,21,22);1H. The van der Waals surface area contributed by atoms with Gasteiger partial charge in [0.1, 0.15) is 0 Å². The maximum atomic E-state index is 12.8. The van der Waals surface area contributed by atoms with Crippen LogP contribution in [0.25, 0.3) is 0 Å². The van der Waals surface area contributed by atoms with Gasteiger partial charge in [0.15, 0.2) is 5.96 Å². The Bertz CT molecular complexity index is 959. The minimum atomic E-state index is -3.37. The van der Waals surface area contributed by atoms with Crippen LogP contribution >= 0.6 is 35.3 Å². The minimum absolute atomic E-state index is 0. The Labute approximate surface area is 194 Å². The monoisotopic (exact) mass is 549 g/mol. The third-order valence-corrected chi connectivity index (χ3v) is 7.39. The lowest BCUT2D eigenvalue weighted by Crippen LogP contribution is -2.42. The fourth-order valence-corrected chi connectivity index (χ4v) is 5.51. The van der Waals surface area contributed by atoms with Gasteiger partial charge < -0.3 is 10.6 Å². The van der Waals surface area contributed by atoms with Crippen LogP contribution in [0.15, 0.2) is 29.3 Å². The quantitative estimate of drug-likeness (QED) is 0.315. The van der Waals surface area contributed by atoms with Gasteiger partial charge in [0.05, 0.1) is 28.7 Å². The van der Waals surface area contributed by atoms with Crippen molar-refractivity contribution in [1.29, 1.82) is 0 Å². The summed E-state index contributed by atoms with van der Waals surface area (Å²) >= 11 is 1.64. The largest absolute Gasteiger partial charge is 0.357 e. The normalized spacial score (nSPS) is 13.8. The Morgan fingerprint density at radius 3 is 2.72 bits per heavy atom. The van der Waals surface area contributed by atoms with Crippen LogP contribution in [0.4, 0.5) is 5.69 Å². The number of thiazole rings is 1. The highest BCUT2D eigenvalue weighted by Gasteiger charge is 2.28. The van der Waals surface area contributed by atoms with Gasteiger partial charge in [0.25, 0.3) is 0 Å². The van der Waals surface area contributed by atoms with E-state index in [2.05, 4.69) is 20.6 Å². The molecule has 10 heteroatoms. The Morgan fingerprint density at radius 1 is 1.28 bits per heavy atom. The van der Waals surface area contributed by atoms with Gasteiger partial charge in [-0.05, 0) is 38.8 Å². The Morgan fingerprint density at radius 2 is 2.03 bits per heavy atom. The van der Waals surface area contributed by atoms with Crippen LogP contribution in [0, 0.1) is 13.8 Å². The lowest BCUT2D eigenvalue weighted by Gasteiger charge is -2.20. The highest BCUT2D eigenvalue weighted by molar-refractivity contribution is 14.0. The molecule has 160 valence electrons. The third kappa shape index (κ3) is 6.05. The van der Waals surface area contributed by atoms with Gasteiger partial charge in [0, 0.05) is 24.5 Å². The lowest BCUT2D eigenvalue weighted by molar-refractivity contribution is 0.591. The average Bonchev–Trinajstić information content (AvgIpc) is 3.22. The van der Waals surface area contributed by atoms with Gasteiger partial charge in [-0.3, -0.25) is 4.31 Å². The number of anilines is 1. The molecule has 0 radical (unpaired) electrons. The summed E-state index contributed by atoms with van der Waals surface area (Å²) in [5.74, 6) is 0.634. The summed E-state index contributed by atoms with van der Waals surface area (Å²) < 4.78 is 27.1. The number of aliphatic imine (C=N–C) groups is 1. The summed E-state index contributed by atoms with van der Waals surface area (Å²) in [6.07, 6.45) is 0.764. The van der Waals surface area contributed by atoms with Gasteiger partial charge >= 0.3 is 0 Å². The van der Waals surface area contributed by atoms with Crippen molar-refractivity contribution in [3.05, 3.63) is 45.4 Å². The van der Waals surface area contributed by atoms with Crippen molar-refractivity contribution < 1.29 is 8.42 Å². The Balaban J connectivity index is 0.00000300. The van der Waals surface area contributed by atoms with Gasteiger partial charge in [0.2, 0.25) is 10.0 Å². The fourth-order valence-electron chi connectivity index (χ4n) is 3.22. The van der Waals surface area contributed by atoms with Gasteiger partial charge in [-0.15, -0.1) is 35.3 Å². The van der Waals surface area contributed by atoms with Crippen molar-refractivity contribution in [3.63, 3.8) is 0 Å². The van der Waals surface area contributed by atoms with E-state index < -0.39 is 10.0 Å². The van der Waals surface area contributed by atoms with Gasteiger partial charge in [-0.2, -0.15) is 0 Å². The topological polar surface area (TPSA) is 86.7 Å². The lowest BCUT2D eigenvalue weighted by atomic mass is 10.2. The van der Waals surface area contributed by atoms with Crippen LogP contribution in [0.5, 0.6) is 0 Å². The van der Waals surface area contributed by atoms with Crippen LogP contribution in [0.1, 0.15) is 28.1 Å². The van der Waals surface area contributed by atoms with Crippen molar-refractivity contribution in [2.24, 2.45) is 4.99 Å². The number of hydrogen-bond acceptors (Lipinski definition) is 5. The van der Waals surface area contributed by atoms with Gasteiger partial charge in [-0.1, -0.05) is 18.2 Å². The Hall–Kier alpha value is -1.40. The van der Waals surface area contributed by atoms with Crippen LogP contribution in [0.3, 0.4) is 0 Å². The van der Waals surface area contributed by atoms with E-state index in [-0.39, 0.29) is 29.7 Å². The number of nitrogens with zero attached hydrogens (tertiary/aromatic N) is 3. The molecule has 3 rings (SSSR count). The molecule has 0 bridgehead atoms. The average molecular weight is 550 g/mol. The third-order valence-electron chi connectivity index (χ3n) is 4.56. The molecule has 7 nitrogen and oxygen atoms in total. The summed E-state index contributed by atoms with van der Waals surface area (Å²) in [5, 5.41) is 7.33. The molecule has 1 aliphatic heterocycles. The fraction of sp³-hybridized carbons (Fsp3) is 0.474. The first-order valence-electron chi connectivity index (χ1n) is 9.44. The number of sulfonamides is 1. The first-order valence-corrected chi connectivity index (χ1v) is 11.9. The second-order valence-corrected chi connectivity index (χ2v) is 9.93. The van der Waals surface area contributed by atoms with E-state index in [0.29, 0.717) is 32.1 Å². The molecule has 1 aromatic carbocycles. The van der Waals surface area contributed by atoms with Gasteiger partial charge in [-0.25, -0.2) is 18.4 Å². The van der Waals surface area contributed by atoms with Crippen LogP contribution in [0.2, 0.25) is 0 Å². The molecule has 29 heavy (non-hydrogen) atoms. The van der Waals surface area contributed by atoms with Crippen molar-refractivity contribution in [2.45, 2.75) is 33.7 Å². The molecule has 0 fully saturated rings. The molecule has 1 aliphatic rings. The zero-order valence-electron chi connectivity index (χ0n) is 16.9. The molecule has 1 aromatic heterocycles. The summed E-state index contributed by atoms with van der Waals surface area (Å²) in [5.41, 5.74) is 2.89. The Kier molecular flexibility index (Phi) is 8.71. The SMILES string of the molecule is CCNC(=NCc1sc(C)nc1C)NCCS(=O)(=O)N1CCc2ccccc21.I. The van der Waals surface area contributed by atoms with E-state index in [1.165, 1.54) is 4.31 Å². The number of guanidine groups is 1. The van der Waals surface area contributed by atoms with E-state index in [1.54, 1.807) is 11.3 Å². The predicted octanol–water partition coefficient (Wildman–Crippen LogP) is 2.83. The molecule has 0 aliphatic carbocycles. The van der Waals surface area contributed by atoms with Crippen LogP contribution in [-0.2, 0) is 23.0 Å². The smallest absolute Gasteiger partial charge is 0.236 e. The molecular weight excluding hydrogens is 521 g/mol. The van der Waals surface area contributed by atoms with Crippen molar-refractivity contribution >= 4 is 57.0 Å². The summed E-state index contributed by atoms with van der Waals surface area (Å²) in [4.78, 5) is 10.1. The molecule has 0 unspecified atom stereocenters. The summed E-state index contributed by atoms with van der Waals surface area (Å²) in [6, 6.07) is 7.69. The molecule has 2 N–H and O–H groups in total. The number of rotatable bonds is 7. The van der Waals surface area contributed by atoms with E-state index >= 15 is 0 Å². The number of benzene rings is 1. The number of fused-ring (bicyclic) bond motifs is 1. The van der Waals surface area contributed by atoms with E-state index in [0.717, 1.165) is 33.3 Å². The minimum Gasteiger partial charge on any atom is -0.357 e. The first kappa shape index (κ1) is 23.9. The van der Waals surface area contributed by atoms with Crippen LogP contribution in [-0.4, -0.2) is 44.7 Å². The van der Waals surface area contributed by atoms with Crippen molar-refractivity contribution in [2.75, 3.05) is 29.7 Å². The summed E-state index contributed by atoms with van der Waals surface area (Å²) in [6.45, 7) is 7.99. The zero-order valence-corrected chi connectivity index (χ0v) is 20.9. The highest BCUT2D eigenvalue weighted by atomic mass is 127. The van der Waals surface area contributed by atoms with E-state index in [4.69, 9.17) is 0 Å². The number of aromatic nitrogens is 1. The predicted molar refractivity (Wildman–Crippen MR) is 131 cm³/mol. The van der Waals surface area contributed by atoms with Crippen molar-refractivity contribution in [3.8, 4) is 0 Å². The zero-order chi connectivity index (χ0) is 20.1.